The Morgan fingerprint density at radius 2 is 2.14 bits per heavy atom. The number of anilines is 1. The summed E-state index contributed by atoms with van der Waals surface area (Å²) >= 11 is 3.47. The first-order valence-corrected chi connectivity index (χ1v) is 10.2. The Kier molecular flexibility index (Phi) is 4.69. The van der Waals surface area contributed by atoms with Crippen LogP contribution < -0.4 is 5.73 Å². The van der Waals surface area contributed by atoms with Crippen molar-refractivity contribution in [3.63, 3.8) is 0 Å². The third-order valence-electron chi connectivity index (χ3n) is 4.89. The van der Waals surface area contributed by atoms with Gasteiger partial charge >= 0.3 is 6.09 Å². The number of benzene rings is 1. The first-order valence-electron chi connectivity index (χ1n) is 9.43. The molecule has 1 saturated heterocycles. The predicted molar refractivity (Wildman–Crippen MR) is 113 cm³/mol. The van der Waals surface area contributed by atoms with Gasteiger partial charge in [-0.1, -0.05) is 15.9 Å². The number of fused-ring (bicyclic) bond motifs is 3. The van der Waals surface area contributed by atoms with Gasteiger partial charge in [-0.3, -0.25) is 0 Å². The number of amides is 1. The smallest absolute Gasteiger partial charge is 0.410 e. The average Bonchev–Trinajstić information content (AvgIpc) is 3.06. The summed E-state index contributed by atoms with van der Waals surface area (Å²) in [5.74, 6) is 1.36. The molecule has 1 atom stereocenters. The highest BCUT2D eigenvalue weighted by atomic mass is 79.9. The fourth-order valence-corrected chi connectivity index (χ4v) is 4.00. The number of nitrogens with one attached hydrogen (secondary N) is 1. The van der Waals surface area contributed by atoms with Crippen molar-refractivity contribution in [2.24, 2.45) is 0 Å². The number of imidazole rings is 1. The van der Waals surface area contributed by atoms with E-state index in [-0.39, 0.29) is 12.0 Å². The Morgan fingerprint density at radius 3 is 2.89 bits per heavy atom. The van der Waals surface area contributed by atoms with Gasteiger partial charge in [-0.2, -0.15) is 0 Å². The number of piperidine rings is 1. The molecule has 3 N–H and O–H groups in total. The molecule has 0 bridgehead atoms. The van der Waals surface area contributed by atoms with Crippen LogP contribution in [0.4, 0.5) is 10.6 Å². The van der Waals surface area contributed by atoms with Crippen LogP contribution in [0.25, 0.3) is 21.9 Å². The molecule has 28 heavy (non-hydrogen) atoms. The number of aromatic nitrogens is 3. The number of H-pyrrole nitrogens is 1. The molecule has 0 saturated carbocycles. The summed E-state index contributed by atoms with van der Waals surface area (Å²) in [5, 5.41) is 0.978. The lowest BCUT2D eigenvalue weighted by atomic mass is 9.98. The van der Waals surface area contributed by atoms with Crippen molar-refractivity contribution in [1.82, 2.24) is 19.9 Å². The number of halogens is 1. The number of likely N-dealkylation sites (tertiary alicyclic amines) is 1. The Hall–Kier alpha value is -2.35. The zero-order valence-corrected chi connectivity index (χ0v) is 17.8. The Bertz CT molecular complexity index is 1060. The minimum absolute atomic E-state index is 0.110. The van der Waals surface area contributed by atoms with Crippen molar-refractivity contribution < 1.29 is 9.53 Å². The number of pyridine rings is 1. The second-order valence-electron chi connectivity index (χ2n) is 8.27. The fourth-order valence-electron chi connectivity index (χ4n) is 3.65. The van der Waals surface area contributed by atoms with Crippen LogP contribution in [0.5, 0.6) is 0 Å². The third-order valence-corrected chi connectivity index (χ3v) is 5.39. The van der Waals surface area contributed by atoms with E-state index in [0.29, 0.717) is 24.4 Å². The first kappa shape index (κ1) is 19.0. The van der Waals surface area contributed by atoms with E-state index < -0.39 is 5.60 Å². The van der Waals surface area contributed by atoms with Gasteiger partial charge in [0.1, 0.15) is 16.9 Å². The standard InChI is InChI=1S/C20H24BrN5O2/c1-20(2,3)28-19(27)26-8-4-5-11(10-26)18-24-15-13-7-6-12(21)9-14(13)23-17(22)16(15)25-18/h6-7,9,11H,4-5,8,10H2,1-3H3,(H2,22,23)(H,24,25). The largest absolute Gasteiger partial charge is 0.444 e. The SMILES string of the molecule is CC(C)(C)OC(=O)N1CCCC(c2nc3c(N)nc4cc(Br)ccc4c3[nH]2)C1. The summed E-state index contributed by atoms with van der Waals surface area (Å²) in [6.07, 6.45) is 1.59. The molecule has 1 fully saturated rings. The van der Waals surface area contributed by atoms with E-state index in [2.05, 4.69) is 25.9 Å². The number of nitrogens with two attached hydrogens (primary N) is 1. The van der Waals surface area contributed by atoms with Gasteiger partial charge in [0.25, 0.3) is 0 Å². The lowest BCUT2D eigenvalue weighted by Crippen LogP contribution is -2.42. The number of ether oxygens (including phenoxy) is 1. The molecule has 1 aromatic carbocycles. The molecule has 4 rings (SSSR count). The van der Waals surface area contributed by atoms with Gasteiger partial charge in [0.05, 0.1) is 11.0 Å². The number of carbonyl (C=O) groups is 1. The van der Waals surface area contributed by atoms with Crippen molar-refractivity contribution >= 4 is 49.8 Å². The zero-order chi connectivity index (χ0) is 20.1. The molecule has 1 unspecified atom stereocenters. The molecular formula is C20H24BrN5O2. The monoisotopic (exact) mass is 445 g/mol. The molecule has 3 heterocycles. The molecule has 2 aromatic heterocycles. The summed E-state index contributed by atoms with van der Waals surface area (Å²) < 4.78 is 6.48. The van der Waals surface area contributed by atoms with Crippen molar-refractivity contribution in [2.45, 2.75) is 45.1 Å². The summed E-state index contributed by atoms with van der Waals surface area (Å²) in [6.45, 7) is 6.91. The van der Waals surface area contributed by atoms with Crippen molar-refractivity contribution in [2.75, 3.05) is 18.8 Å². The van der Waals surface area contributed by atoms with Crippen LogP contribution in [0.2, 0.25) is 0 Å². The average molecular weight is 446 g/mol. The minimum atomic E-state index is -0.503. The molecule has 7 nitrogen and oxygen atoms in total. The minimum Gasteiger partial charge on any atom is -0.444 e. The normalized spacial score (nSPS) is 18.0. The molecule has 1 aliphatic rings. The van der Waals surface area contributed by atoms with Gasteiger partial charge in [0, 0.05) is 28.9 Å². The summed E-state index contributed by atoms with van der Waals surface area (Å²) in [6, 6.07) is 5.92. The van der Waals surface area contributed by atoms with E-state index in [1.165, 1.54) is 0 Å². The quantitative estimate of drug-likeness (QED) is 0.571. The maximum atomic E-state index is 12.5. The van der Waals surface area contributed by atoms with Crippen LogP contribution in [-0.2, 0) is 4.74 Å². The van der Waals surface area contributed by atoms with Gasteiger partial charge in [0.2, 0.25) is 0 Å². The van der Waals surface area contributed by atoms with Gasteiger partial charge in [-0.25, -0.2) is 14.8 Å². The summed E-state index contributed by atoms with van der Waals surface area (Å²) in [5.41, 5.74) is 8.05. The number of rotatable bonds is 1. The molecule has 0 radical (unpaired) electrons. The number of carbonyl (C=O) groups excluding carboxylic acids is 1. The number of hydrogen-bond donors (Lipinski definition) is 2. The number of aromatic amines is 1. The van der Waals surface area contributed by atoms with Gasteiger partial charge in [-0.15, -0.1) is 0 Å². The Morgan fingerprint density at radius 1 is 1.36 bits per heavy atom. The summed E-state index contributed by atoms with van der Waals surface area (Å²) in [4.78, 5) is 26.9. The van der Waals surface area contributed by atoms with Gasteiger partial charge in [-0.05, 0) is 51.8 Å². The predicted octanol–water partition coefficient (Wildman–Crippen LogP) is 4.57. The fraction of sp³-hybridized carbons (Fsp3) is 0.450. The second kappa shape index (κ2) is 6.92. The van der Waals surface area contributed by atoms with Crippen molar-refractivity contribution in [1.29, 1.82) is 0 Å². The molecule has 148 valence electrons. The second-order valence-corrected chi connectivity index (χ2v) is 9.19. The van der Waals surface area contributed by atoms with E-state index in [9.17, 15) is 4.79 Å². The van der Waals surface area contributed by atoms with Crippen LogP contribution in [0, 0.1) is 0 Å². The third kappa shape index (κ3) is 3.65. The maximum absolute atomic E-state index is 12.5. The molecule has 8 heteroatoms. The van der Waals surface area contributed by atoms with E-state index >= 15 is 0 Å². The lowest BCUT2D eigenvalue weighted by molar-refractivity contribution is 0.0196. The molecule has 1 amide bonds. The Balaban J connectivity index is 1.66. The molecular weight excluding hydrogens is 422 g/mol. The topological polar surface area (TPSA) is 97.1 Å². The van der Waals surface area contributed by atoms with E-state index in [0.717, 1.165) is 39.6 Å². The van der Waals surface area contributed by atoms with Crippen molar-refractivity contribution in [3.05, 3.63) is 28.5 Å². The Labute approximate surface area is 171 Å². The van der Waals surface area contributed by atoms with E-state index in [1.54, 1.807) is 4.90 Å². The molecule has 0 spiro atoms. The van der Waals surface area contributed by atoms with Crippen LogP contribution in [0.3, 0.4) is 0 Å². The highest BCUT2D eigenvalue weighted by molar-refractivity contribution is 9.10. The lowest BCUT2D eigenvalue weighted by Gasteiger charge is -2.33. The molecule has 0 aliphatic carbocycles. The first-order chi connectivity index (χ1) is 13.2. The number of nitrogens with zero attached hydrogens (tertiary/aromatic N) is 3. The maximum Gasteiger partial charge on any atom is 0.410 e. The van der Waals surface area contributed by atoms with E-state index in [4.69, 9.17) is 15.5 Å². The van der Waals surface area contributed by atoms with Gasteiger partial charge in [0.15, 0.2) is 5.82 Å². The molecule has 1 aliphatic heterocycles. The molecule has 3 aromatic rings. The van der Waals surface area contributed by atoms with Crippen LogP contribution in [0.1, 0.15) is 45.4 Å². The van der Waals surface area contributed by atoms with Crippen LogP contribution in [-0.4, -0.2) is 44.6 Å². The van der Waals surface area contributed by atoms with Crippen LogP contribution >= 0.6 is 15.9 Å². The van der Waals surface area contributed by atoms with Crippen molar-refractivity contribution in [3.8, 4) is 0 Å². The number of hydrogen-bond acceptors (Lipinski definition) is 5. The zero-order valence-electron chi connectivity index (χ0n) is 16.3. The van der Waals surface area contributed by atoms with Gasteiger partial charge < -0.3 is 20.4 Å². The number of nitrogen functional groups attached to an aromatic ring is 1. The highest BCUT2D eigenvalue weighted by Gasteiger charge is 2.30. The summed E-state index contributed by atoms with van der Waals surface area (Å²) in [7, 11) is 0. The van der Waals surface area contributed by atoms with E-state index in [1.807, 2.05) is 39.0 Å². The highest BCUT2D eigenvalue weighted by Crippen LogP contribution is 2.32. The van der Waals surface area contributed by atoms with Crippen LogP contribution in [0.15, 0.2) is 22.7 Å².